The molecule has 1 unspecified atom stereocenters. The van der Waals surface area contributed by atoms with Crippen molar-refractivity contribution in [3.05, 3.63) is 35.4 Å². The lowest BCUT2D eigenvalue weighted by Gasteiger charge is -2.57. The van der Waals surface area contributed by atoms with Gasteiger partial charge in [-0.1, -0.05) is 56.7 Å². The predicted molar refractivity (Wildman–Crippen MR) is 125 cm³/mol. The van der Waals surface area contributed by atoms with Crippen molar-refractivity contribution < 1.29 is 14.3 Å². The third-order valence-corrected chi connectivity index (χ3v) is 8.57. The first-order chi connectivity index (χ1) is 15.7. The van der Waals surface area contributed by atoms with Crippen LogP contribution in [0, 0.1) is 5.92 Å². The number of carbonyl (C=O) groups is 2. The van der Waals surface area contributed by atoms with Crippen molar-refractivity contribution in [2.45, 2.75) is 94.5 Å². The van der Waals surface area contributed by atoms with Gasteiger partial charge in [0.1, 0.15) is 0 Å². The van der Waals surface area contributed by atoms with E-state index in [1.165, 1.54) is 25.7 Å². The normalized spacial score (nSPS) is 26.7. The Morgan fingerprint density at radius 1 is 0.969 bits per heavy atom. The van der Waals surface area contributed by atoms with E-state index in [-0.39, 0.29) is 29.3 Å². The lowest BCUT2D eigenvalue weighted by Crippen LogP contribution is -2.65. The highest BCUT2D eigenvalue weighted by Crippen LogP contribution is 2.51. The molecule has 4 aliphatic rings. The van der Waals surface area contributed by atoms with E-state index in [0.717, 1.165) is 75.7 Å². The fourth-order valence-corrected chi connectivity index (χ4v) is 6.95. The van der Waals surface area contributed by atoms with Gasteiger partial charge in [0.05, 0.1) is 11.5 Å². The van der Waals surface area contributed by atoms with Crippen molar-refractivity contribution >= 4 is 11.8 Å². The number of ether oxygens (including phenoxy) is 1. The van der Waals surface area contributed by atoms with Gasteiger partial charge in [-0.2, -0.15) is 0 Å². The van der Waals surface area contributed by atoms with Gasteiger partial charge in [-0.3, -0.25) is 9.59 Å². The average Bonchev–Trinajstić information content (AvgIpc) is 2.85. The molecular weight excluding hydrogens is 400 g/mol. The minimum atomic E-state index is -0.370. The van der Waals surface area contributed by atoms with E-state index in [0.29, 0.717) is 12.5 Å². The first-order valence-corrected chi connectivity index (χ1v) is 13.0. The standard InChI is InChI=1S/C27H38N2O3/c30-25(28-19-20-13-17-32-18-14-20)24-22-11-5-6-12-23(22)26(31)29(21-9-3-1-4-10-21)27(24)15-7-2-8-16-27/h5-6,11-12,20-21,24H,1-4,7-10,13-19H2,(H,28,30). The number of benzene rings is 1. The molecule has 2 aliphatic heterocycles. The first kappa shape index (κ1) is 21.9. The Kier molecular flexibility index (Phi) is 6.54. The molecule has 1 spiro atoms. The lowest BCUT2D eigenvalue weighted by molar-refractivity contribution is -0.128. The first-order valence-electron chi connectivity index (χ1n) is 13.0. The summed E-state index contributed by atoms with van der Waals surface area (Å²) in [4.78, 5) is 30.1. The van der Waals surface area contributed by atoms with E-state index in [4.69, 9.17) is 4.74 Å². The second kappa shape index (κ2) is 9.54. The summed E-state index contributed by atoms with van der Waals surface area (Å²) in [5, 5.41) is 3.34. The zero-order chi connectivity index (χ0) is 22.0. The summed E-state index contributed by atoms with van der Waals surface area (Å²) >= 11 is 0. The van der Waals surface area contributed by atoms with Crippen LogP contribution in [0.5, 0.6) is 0 Å². The molecule has 0 bridgehead atoms. The number of rotatable bonds is 4. The molecule has 32 heavy (non-hydrogen) atoms. The molecule has 2 aliphatic carbocycles. The number of hydrogen-bond donors (Lipinski definition) is 1. The van der Waals surface area contributed by atoms with Crippen LogP contribution in [0.4, 0.5) is 0 Å². The summed E-state index contributed by atoms with van der Waals surface area (Å²) in [5.74, 6) is 0.519. The average molecular weight is 439 g/mol. The van der Waals surface area contributed by atoms with Gasteiger partial charge in [0, 0.05) is 31.4 Å². The van der Waals surface area contributed by atoms with Crippen LogP contribution in [0.15, 0.2) is 24.3 Å². The molecule has 2 amide bonds. The van der Waals surface area contributed by atoms with Crippen molar-refractivity contribution in [2.24, 2.45) is 5.92 Å². The zero-order valence-electron chi connectivity index (χ0n) is 19.3. The lowest BCUT2D eigenvalue weighted by atomic mass is 9.64. The largest absolute Gasteiger partial charge is 0.381 e. The quantitative estimate of drug-likeness (QED) is 0.734. The second-order valence-corrected chi connectivity index (χ2v) is 10.5. The van der Waals surface area contributed by atoms with E-state index >= 15 is 0 Å². The predicted octanol–water partition coefficient (Wildman–Crippen LogP) is 4.80. The topological polar surface area (TPSA) is 58.6 Å². The summed E-state index contributed by atoms with van der Waals surface area (Å²) in [7, 11) is 0. The molecule has 5 heteroatoms. The van der Waals surface area contributed by atoms with Crippen LogP contribution in [0.25, 0.3) is 0 Å². The van der Waals surface area contributed by atoms with Gasteiger partial charge in [0.15, 0.2) is 0 Å². The third-order valence-electron chi connectivity index (χ3n) is 8.57. The molecule has 2 saturated carbocycles. The minimum Gasteiger partial charge on any atom is -0.381 e. The fraction of sp³-hybridized carbons (Fsp3) is 0.704. The molecule has 0 aromatic heterocycles. The van der Waals surface area contributed by atoms with E-state index < -0.39 is 0 Å². The third kappa shape index (κ3) is 3.98. The number of nitrogens with one attached hydrogen (secondary N) is 1. The van der Waals surface area contributed by atoms with Gasteiger partial charge in [-0.15, -0.1) is 0 Å². The molecular formula is C27H38N2O3. The maximum atomic E-state index is 13.9. The summed E-state index contributed by atoms with van der Waals surface area (Å²) in [5.41, 5.74) is 1.34. The molecule has 5 rings (SSSR count). The molecule has 1 aromatic carbocycles. The minimum absolute atomic E-state index is 0.124. The van der Waals surface area contributed by atoms with Gasteiger partial charge >= 0.3 is 0 Å². The van der Waals surface area contributed by atoms with Crippen molar-refractivity contribution in [2.75, 3.05) is 19.8 Å². The van der Waals surface area contributed by atoms with Crippen LogP contribution in [0.1, 0.15) is 98.9 Å². The van der Waals surface area contributed by atoms with E-state index in [1.54, 1.807) is 0 Å². The van der Waals surface area contributed by atoms with Gasteiger partial charge in [-0.05, 0) is 56.1 Å². The van der Waals surface area contributed by atoms with Crippen molar-refractivity contribution in [3.8, 4) is 0 Å². The molecule has 0 radical (unpaired) electrons. The van der Waals surface area contributed by atoms with Crippen LogP contribution in [-0.4, -0.2) is 48.1 Å². The molecule has 1 aromatic rings. The molecule has 1 N–H and O–H groups in total. The van der Waals surface area contributed by atoms with Crippen LogP contribution < -0.4 is 5.32 Å². The van der Waals surface area contributed by atoms with Crippen LogP contribution in [-0.2, 0) is 9.53 Å². The molecule has 174 valence electrons. The molecule has 1 saturated heterocycles. The molecule has 5 nitrogen and oxygen atoms in total. The number of fused-ring (bicyclic) bond motifs is 1. The highest BCUT2D eigenvalue weighted by molar-refractivity contribution is 6.02. The summed E-state index contributed by atoms with van der Waals surface area (Å²) in [6.07, 6.45) is 13.1. The second-order valence-electron chi connectivity index (χ2n) is 10.5. The SMILES string of the molecule is O=C(NCC1CCOCC1)C1c2ccccc2C(=O)N(C2CCCCC2)C12CCCCC2. The zero-order valence-corrected chi connectivity index (χ0v) is 19.3. The summed E-state index contributed by atoms with van der Waals surface area (Å²) < 4.78 is 5.50. The highest BCUT2D eigenvalue weighted by Gasteiger charge is 2.56. The highest BCUT2D eigenvalue weighted by atomic mass is 16.5. The number of amides is 2. The Bertz CT molecular complexity index is 820. The van der Waals surface area contributed by atoms with E-state index in [9.17, 15) is 9.59 Å². The van der Waals surface area contributed by atoms with E-state index in [1.807, 2.05) is 24.3 Å². The maximum Gasteiger partial charge on any atom is 0.254 e. The van der Waals surface area contributed by atoms with Gasteiger partial charge in [-0.25, -0.2) is 0 Å². The Labute approximate surface area is 192 Å². The van der Waals surface area contributed by atoms with Gasteiger partial charge in [0.25, 0.3) is 5.91 Å². The van der Waals surface area contributed by atoms with Crippen molar-refractivity contribution in [3.63, 3.8) is 0 Å². The van der Waals surface area contributed by atoms with Crippen LogP contribution in [0.2, 0.25) is 0 Å². The Morgan fingerprint density at radius 3 is 2.41 bits per heavy atom. The maximum absolute atomic E-state index is 13.9. The monoisotopic (exact) mass is 438 g/mol. The summed E-state index contributed by atoms with van der Waals surface area (Å²) in [6.45, 7) is 2.30. The van der Waals surface area contributed by atoms with Crippen LogP contribution in [0.3, 0.4) is 0 Å². The molecule has 3 fully saturated rings. The number of nitrogens with zero attached hydrogens (tertiary/aromatic N) is 1. The molecule has 2 heterocycles. The van der Waals surface area contributed by atoms with Gasteiger partial charge < -0.3 is 15.0 Å². The number of hydrogen-bond acceptors (Lipinski definition) is 3. The number of carbonyl (C=O) groups excluding carboxylic acids is 2. The smallest absolute Gasteiger partial charge is 0.254 e. The van der Waals surface area contributed by atoms with Crippen molar-refractivity contribution in [1.82, 2.24) is 10.2 Å². The van der Waals surface area contributed by atoms with Crippen LogP contribution >= 0.6 is 0 Å². The van der Waals surface area contributed by atoms with Crippen molar-refractivity contribution in [1.29, 1.82) is 0 Å². The Morgan fingerprint density at radius 2 is 1.66 bits per heavy atom. The van der Waals surface area contributed by atoms with E-state index in [2.05, 4.69) is 10.2 Å². The van der Waals surface area contributed by atoms with Gasteiger partial charge in [0.2, 0.25) is 5.91 Å². The Hall–Kier alpha value is -1.88. The fourth-order valence-electron chi connectivity index (χ4n) is 6.95. The Balaban J connectivity index is 1.51. The summed E-state index contributed by atoms with van der Waals surface area (Å²) in [6, 6.07) is 8.21. The molecule has 1 atom stereocenters.